The van der Waals surface area contributed by atoms with Crippen molar-refractivity contribution in [2.24, 2.45) is 0 Å². The highest BCUT2D eigenvalue weighted by Crippen LogP contribution is 2.38. The van der Waals surface area contributed by atoms with Crippen molar-refractivity contribution < 1.29 is 0 Å². The van der Waals surface area contributed by atoms with E-state index in [1.807, 2.05) is 35.7 Å². The predicted octanol–water partition coefficient (Wildman–Crippen LogP) is 10.6. The zero-order valence-electron chi connectivity index (χ0n) is 23.2. The van der Waals surface area contributed by atoms with Crippen LogP contribution in [0.1, 0.15) is 0 Å². The first kappa shape index (κ1) is 25.3. The maximum Gasteiger partial charge on any atom is 0.161 e. The third kappa shape index (κ3) is 4.78. The maximum absolute atomic E-state index is 5.19. The van der Waals surface area contributed by atoms with Gasteiger partial charge in [0.25, 0.3) is 0 Å². The van der Waals surface area contributed by atoms with Crippen molar-refractivity contribution in [3.8, 4) is 56.2 Å². The lowest BCUT2D eigenvalue weighted by atomic mass is 9.99. The normalized spacial score (nSPS) is 11.3. The minimum atomic E-state index is 0.689. The van der Waals surface area contributed by atoms with Gasteiger partial charge in [-0.1, -0.05) is 109 Å². The van der Waals surface area contributed by atoms with Gasteiger partial charge in [-0.25, -0.2) is 9.97 Å². The molecular formula is C39H25N3S. The summed E-state index contributed by atoms with van der Waals surface area (Å²) in [5.41, 5.74) is 9.33. The van der Waals surface area contributed by atoms with Crippen LogP contribution in [0.3, 0.4) is 0 Å². The van der Waals surface area contributed by atoms with E-state index in [1.165, 1.54) is 31.3 Å². The lowest BCUT2D eigenvalue weighted by Gasteiger charge is -2.13. The van der Waals surface area contributed by atoms with Gasteiger partial charge in [-0.3, -0.25) is 4.98 Å². The largest absolute Gasteiger partial charge is 0.264 e. The summed E-state index contributed by atoms with van der Waals surface area (Å²) in [6.07, 6.45) is 3.69. The summed E-state index contributed by atoms with van der Waals surface area (Å²) in [6.45, 7) is 0. The minimum Gasteiger partial charge on any atom is -0.264 e. The van der Waals surface area contributed by atoms with Crippen LogP contribution in [-0.2, 0) is 0 Å². The number of benzene rings is 5. The summed E-state index contributed by atoms with van der Waals surface area (Å²) >= 11 is 1.83. The molecule has 0 aliphatic carbocycles. The summed E-state index contributed by atoms with van der Waals surface area (Å²) < 4.78 is 2.57. The zero-order chi connectivity index (χ0) is 28.6. The molecule has 8 aromatic rings. The molecule has 5 aromatic carbocycles. The summed E-state index contributed by atoms with van der Waals surface area (Å²) in [5.74, 6) is 0.689. The highest BCUT2D eigenvalue weighted by molar-refractivity contribution is 7.25. The van der Waals surface area contributed by atoms with Crippen LogP contribution >= 0.6 is 11.3 Å². The van der Waals surface area contributed by atoms with Crippen LogP contribution in [0, 0.1) is 0 Å². The van der Waals surface area contributed by atoms with Crippen LogP contribution < -0.4 is 0 Å². The number of fused-ring (bicyclic) bond motifs is 3. The van der Waals surface area contributed by atoms with Gasteiger partial charge >= 0.3 is 0 Å². The number of hydrogen-bond acceptors (Lipinski definition) is 4. The Balaban J connectivity index is 1.31. The van der Waals surface area contributed by atoms with Crippen molar-refractivity contribution >= 4 is 31.5 Å². The Labute approximate surface area is 253 Å². The van der Waals surface area contributed by atoms with Gasteiger partial charge in [-0.05, 0) is 47.0 Å². The standard InChI is InChI=1S/C39H25N3S/c1-2-9-26(10-3-1)27-16-18-28(19-17-27)35-24-36(29-20-21-38-34(23-29)32-13-6-7-15-37(32)43-38)42-39(41-35)33-14-5-4-12-31(33)30-11-8-22-40-25-30/h1-25H. The Morgan fingerprint density at radius 1 is 0.419 bits per heavy atom. The second-order valence-electron chi connectivity index (χ2n) is 10.5. The molecule has 8 rings (SSSR count). The molecule has 0 bridgehead atoms. The molecule has 0 radical (unpaired) electrons. The Morgan fingerprint density at radius 2 is 1.05 bits per heavy atom. The maximum atomic E-state index is 5.19. The number of aromatic nitrogens is 3. The Kier molecular flexibility index (Phi) is 6.32. The number of hydrogen-bond donors (Lipinski definition) is 0. The minimum absolute atomic E-state index is 0.689. The quantitative estimate of drug-likeness (QED) is 0.208. The molecule has 0 amide bonds. The summed E-state index contributed by atoms with van der Waals surface area (Å²) in [5, 5.41) is 2.53. The third-order valence-electron chi connectivity index (χ3n) is 7.83. The summed E-state index contributed by atoms with van der Waals surface area (Å²) in [6, 6.07) is 48.8. The van der Waals surface area contributed by atoms with Gasteiger partial charge in [0.05, 0.1) is 11.4 Å². The van der Waals surface area contributed by atoms with E-state index in [9.17, 15) is 0 Å². The fraction of sp³-hybridized carbons (Fsp3) is 0. The van der Waals surface area contributed by atoms with Crippen molar-refractivity contribution in [2.75, 3.05) is 0 Å². The van der Waals surface area contributed by atoms with E-state index in [4.69, 9.17) is 9.97 Å². The van der Waals surface area contributed by atoms with Crippen molar-refractivity contribution in [2.45, 2.75) is 0 Å². The molecular weight excluding hydrogens is 543 g/mol. The van der Waals surface area contributed by atoms with Crippen molar-refractivity contribution in [1.29, 1.82) is 0 Å². The van der Waals surface area contributed by atoms with E-state index in [-0.39, 0.29) is 0 Å². The highest BCUT2D eigenvalue weighted by atomic mass is 32.1. The van der Waals surface area contributed by atoms with E-state index < -0.39 is 0 Å². The molecule has 202 valence electrons. The van der Waals surface area contributed by atoms with E-state index in [0.29, 0.717) is 5.82 Å². The smallest absolute Gasteiger partial charge is 0.161 e. The fourth-order valence-corrected chi connectivity index (χ4v) is 6.75. The molecule has 0 atom stereocenters. The van der Waals surface area contributed by atoms with Crippen LogP contribution in [0.4, 0.5) is 0 Å². The van der Waals surface area contributed by atoms with Crippen molar-refractivity contribution in [1.82, 2.24) is 15.0 Å². The van der Waals surface area contributed by atoms with Gasteiger partial charge in [-0.15, -0.1) is 11.3 Å². The van der Waals surface area contributed by atoms with E-state index in [1.54, 1.807) is 6.20 Å². The second-order valence-corrected chi connectivity index (χ2v) is 11.6. The van der Waals surface area contributed by atoms with Gasteiger partial charge in [0.2, 0.25) is 0 Å². The van der Waals surface area contributed by atoms with Gasteiger partial charge in [0, 0.05) is 54.8 Å². The molecule has 0 N–H and O–H groups in total. The Hall–Kier alpha value is -5.45. The fourth-order valence-electron chi connectivity index (χ4n) is 5.66. The van der Waals surface area contributed by atoms with Gasteiger partial charge < -0.3 is 0 Å². The molecule has 3 nitrogen and oxygen atoms in total. The second kappa shape index (κ2) is 10.8. The molecule has 0 aliphatic rings. The third-order valence-corrected chi connectivity index (χ3v) is 8.98. The molecule has 0 spiro atoms. The first-order chi connectivity index (χ1) is 21.3. The van der Waals surface area contributed by atoms with Gasteiger partial charge in [0.1, 0.15) is 0 Å². The SMILES string of the molecule is c1ccc(-c2ccc(-c3cc(-c4ccc5sc6ccccc6c5c4)nc(-c4ccccc4-c4cccnc4)n3)cc2)cc1. The van der Waals surface area contributed by atoms with Crippen molar-refractivity contribution in [3.63, 3.8) is 0 Å². The van der Waals surface area contributed by atoms with Gasteiger partial charge in [0.15, 0.2) is 5.82 Å². The lowest BCUT2D eigenvalue weighted by molar-refractivity contribution is 1.18. The van der Waals surface area contributed by atoms with Crippen LogP contribution in [0.2, 0.25) is 0 Å². The number of thiophene rings is 1. The Morgan fingerprint density at radius 3 is 1.86 bits per heavy atom. The molecule has 0 aliphatic heterocycles. The monoisotopic (exact) mass is 567 g/mol. The zero-order valence-corrected chi connectivity index (χ0v) is 24.0. The molecule has 0 unspecified atom stereocenters. The number of rotatable bonds is 5. The first-order valence-corrected chi connectivity index (χ1v) is 15.1. The van der Waals surface area contributed by atoms with Crippen LogP contribution in [0.25, 0.3) is 76.3 Å². The number of pyridine rings is 1. The molecule has 3 heterocycles. The Bertz CT molecular complexity index is 2220. The number of nitrogens with zero attached hydrogens (tertiary/aromatic N) is 3. The molecule has 0 saturated carbocycles. The van der Waals surface area contributed by atoms with Crippen LogP contribution in [0.5, 0.6) is 0 Å². The average Bonchev–Trinajstić information content (AvgIpc) is 3.47. The molecule has 43 heavy (non-hydrogen) atoms. The lowest BCUT2D eigenvalue weighted by Crippen LogP contribution is -1.97. The van der Waals surface area contributed by atoms with Crippen molar-refractivity contribution in [3.05, 3.63) is 152 Å². The van der Waals surface area contributed by atoms with E-state index in [0.717, 1.165) is 39.2 Å². The van der Waals surface area contributed by atoms with E-state index in [2.05, 4.69) is 126 Å². The predicted molar refractivity (Wildman–Crippen MR) is 180 cm³/mol. The topological polar surface area (TPSA) is 38.7 Å². The first-order valence-electron chi connectivity index (χ1n) is 14.3. The molecule has 4 heteroatoms. The highest BCUT2D eigenvalue weighted by Gasteiger charge is 2.15. The van der Waals surface area contributed by atoms with E-state index >= 15 is 0 Å². The molecule has 0 fully saturated rings. The van der Waals surface area contributed by atoms with Crippen LogP contribution in [-0.4, -0.2) is 15.0 Å². The summed E-state index contributed by atoms with van der Waals surface area (Å²) in [4.78, 5) is 14.7. The summed E-state index contributed by atoms with van der Waals surface area (Å²) in [7, 11) is 0. The molecule has 3 aromatic heterocycles. The van der Waals surface area contributed by atoms with Gasteiger partial charge in [-0.2, -0.15) is 0 Å². The average molecular weight is 568 g/mol. The molecule has 0 saturated heterocycles. The van der Waals surface area contributed by atoms with Crippen LogP contribution in [0.15, 0.2) is 152 Å².